The third-order valence-corrected chi connectivity index (χ3v) is 1.82. The summed E-state index contributed by atoms with van der Waals surface area (Å²) in [4.78, 5) is 0. The van der Waals surface area contributed by atoms with E-state index in [4.69, 9.17) is 5.11 Å². The van der Waals surface area contributed by atoms with Gasteiger partial charge in [-0.15, -0.1) is 0 Å². The number of rotatable bonds is 2. The molecule has 0 aromatic carbocycles. The molecule has 1 saturated heterocycles. The highest BCUT2D eigenvalue weighted by molar-refractivity contribution is 4.74. The summed E-state index contributed by atoms with van der Waals surface area (Å²) in [5.41, 5.74) is 0. The summed E-state index contributed by atoms with van der Waals surface area (Å²) < 4.78 is 0. The third kappa shape index (κ3) is 2.64. The van der Waals surface area contributed by atoms with Crippen LogP contribution in [0.15, 0.2) is 0 Å². The molecule has 3 nitrogen and oxygen atoms in total. The lowest BCUT2D eigenvalue weighted by Crippen LogP contribution is -2.43. The van der Waals surface area contributed by atoms with Gasteiger partial charge in [-0.3, -0.25) is 5.32 Å². The van der Waals surface area contributed by atoms with Gasteiger partial charge in [0.15, 0.2) is 0 Å². The van der Waals surface area contributed by atoms with Crippen LogP contribution in [-0.2, 0) is 0 Å². The van der Waals surface area contributed by atoms with Crippen LogP contribution in [0.1, 0.15) is 19.8 Å². The molecule has 0 amide bonds. The zero-order valence-corrected chi connectivity index (χ0v) is 6.43. The molecular weight excluding hydrogens is 128 g/mol. The Morgan fingerprint density at radius 3 is 2.60 bits per heavy atom. The van der Waals surface area contributed by atoms with Crippen LogP contribution < -0.4 is 10.6 Å². The predicted molar refractivity (Wildman–Crippen MR) is 40.7 cm³/mol. The first-order chi connectivity index (χ1) is 4.79. The van der Waals surface area contributed by atoms with Crippen molar-refractivity contribution in [2.24, 2.45) is 0 Å². The average molecular weight is 144 g/mol. The Morgan fingerprint density at radius 2 is 2.10 bits per heavy atom. The third-order valence-electron chi connectivity index (χ3n) is 1.82. The molecule has 3 N–H and O–H groups in total. The Balaban J connectivity index is 2.13. The van der Waals surface area contributed by atoms with Crippen LogP contribution in [0.5, 0.6) is 0 Å². The molecular formula is C7H16N2O. The van der Waals surface area contributed by atoms with Crippen LogP contribution in [0.4, 0.5) is 0 Å². The monoisotopic (exact) mass is 144 g/mol. The van der Waals surface area contributed by atoms with Crippen molar-refractivity contribution in [1.29, 1.82) is 0 Å². The lowest BCUT2D eigenvalue weighted by molar-refractivity contribution is 0.132. The number of aliphatic hydroxyl groups is 1. The summed E-state index contributed by atoms with van der Waals surface area (Å²) in [5, 5.41) is 15.3. The first kappa shape index (κ1) is 7.98. The van der Waals surface area contributed by atoms with Crippen molar-refractivity contribution in [3.63, 3.8) is 0 Å². The van der Waals surface area contributed by atoms with E-state index in [1.165, 1.54) is 0 Å². The Kier molecular flexibility index (Phi) is 3.12. The summed E-state index contributed by atoms with van der Waals surface area (Å²) in [6.07, 6.45) is 1.90. The minimum absolute atomic E-state index is 0.358. The van der Waals surface area contributed by atoms with E-state index in [9.17, 15) is 0 Å². The highest BCUT2D eigenvalue weighted by atomic mass is 16.3. The normalized spacial score (nSPS) is 24.6. The largest absolute Gasteiger partial charge is 0.379 e. The molecule has 0 spiro atoms. The van der Waals surface area contributed by atoms with Crippen LogP contribution in [-0.4, -0.2) is 30.5 Å². The molecule has 0 aromatic rings. The number of nitrogens with one attached hydrogen (secondary N) is 2. The average Bonchev–Trinajstić information content (AvgIpc) is 1.88. The van der Waals surface area contributed by atoms with Crippen LogP contribution in [0, 0.1) is 0 Å². The quantitative estimate of drug-likeness (QED) is 0.465. The van der Waals surface area contributed by atoms with E-state index in [0.29, 0.717) is 6.04 Å². The van der Waals surface area contributed by atoms with Gasteiger partial charge in [0.05, 0.1) is 0 Å². The molecule has 1 unspecified atom stereocenters. The van der Waals surface area contributed by atoms with Gasteiger partial charge in [-0.05, 0) is 32.9 Å². The maximum Gasteiger partial charge on any atom is 0.102 e. The Bertz CT molecular complexity index is 89.6. The topological polar surface area (TPSA) is 44.3 Å². The van der Waals surface area contributed by atoms with Gasteiger partial charge >= 0.3 is 0 Å². The van der Waals surface area contributed by atoms with Gasteiger partial charge in [-0.2, -0.15) is 0 Å². The summed E-state index contributed by atoms with van der Waals surface area (Å²) in [6, 6.07) is 0.515. The van der Waals surface area contributed by atoms with Crippen LogP contribution in [0.25, 0.3) is 0 Å². The molecule has 1 fully saturated rings. The van der Waals surface area contributed by atoms with E-state index in [0.717, 1.165) is 25.9 Å². The molecule has 0 radical (unpaired) electrons. The first-order valence-corrected chi connectivity index (χ1v) is 3.94. The van der Waals surface area contributed by atoms with Gasteiger partial charge in [-0.25, -0.2) is 0 Å². The van der Waals surface area contributed by atoms with Gasteiger partial charge in [0.1, 0.15) is 6.23 Å². The van der Waals surface area contributed by atoms with E-state index in [1.807, 2.05) is 0 Å². The maximum absolute atomic E-state index is 8.97. The van der Waals surface area contributed by atoms with Crippen molar-refractivity contribution in [3.05, 3.63) is 0 Å². The second-order valence-corrected chi connectivity index (χ2v) is 2.87. The van der Waals surface area contributed by atoms with Crippen molar-refractivity contribution in [3.8, 4) is 0 Å². The predicted octanol–water partition coefficient (Wildman–Crippen LogP) is -0.334. The molecule has 0 saturated carbocycles. The summed E-state index contributed by atoms with van der Waals surface area (Å²) >= 11 is 0. The molecule has 60 valence electrons. The Morgan fingerprint density at radius 1 is 1.50 bits per heavy atom. The molecule has 1 rings (SSSR count). The van der Waals surface area contributed by atoms with E-state index in [1.54, 1.807) is 6.92 Å². The smallest absolute Gasteiger partial charge is 0.102 e. The molecule has 1 heterocycles. The zero-order chi connectivity index (χ0) is 7.40. The van der Waals surface area contributed by atoms with Gasteiger partial charge in [0.25, 0.3) is 0 Å². The first-order valence-electron chi connectivity index (χ1n) is 3.94. The Labute approximate surface area is 61.8 Å². The summed E-state index contributed by atoms with van der Waals surface area (Å²) in [7, 11) is 0. The summed E-state index contributed by atoms with van der Waals surface area (Å²) in [5.74, 6) is 0. The van der Waals surface area contributed by atoms with E-state index >= 15 is 0 Å². The minimum atomic E-state index is -0.358. The lowest BCUT2D eigenvalue weighted by Gasteiger charge is -2.24. The zero-order valence-electron chi connectivity index (χ0n) is 6.43. The van der Waals surface area contributed by atoms with E-state index in [-0.39, 0.29) is 6.23 Å². The molecule has 1 aliphatic rings. The van der Waals surface area contributed by atoms with Gasteiger partial charge in [-0.1, -0.05) is 0 Å². The standard InChI is InChI=1S/C7H16N2O/c1-6(10)9-7-2-4-8-5-3-7/h6-10H,2-5H2,1H3. The molecule has 0 aliphatic carbocycles. The van der Waals surface area contributed by atoms with Crippen LogP contribution in [0.3, 0.4) is 0 Å². The molecule has 3 heteroatoms. The second-order valence-electron chi connectivity index (χ2n) is 2.87. The number of hydrogen-bond donors (Lipinski definition) is 3. The SMILES string of the molecule is CC(O)NC1CCNCC1. The fraction of sp³-hybridized carbons (Fsp3) is 1.00. The molecule has 0 bridgehead atoms. The molecule has 0 aromatic heterocycles. The molecule has 1 aliphatic heterocycles. The molecule has 1 atom stereocenters. The highest BCUT2D eigenvalue weighted by Crippen LogP contribution is 2.01. The van der Waals surface area contributed by atoms with Crippen molar-refractivity contribution >= 4 is 0 Å². The van der Waals surface area contributed by atoms with Gasteiger partial charge in [0.2, 0.25) is 0 Å². The van der Waals surface area contributed by atoms with E-state index < -0.39 is 0 Å². The number of piperidine rings is 1. The van der Waals surface area contributed by atoms with Crippen LogP contribution in [0.2, 0.25) is 0 Å². The maximum atomic E-state index is 8.97. The summed E-state index contributed by atoms with van der Waals surface area (Å²) in [6.45, 7) is 3.91. The van der Waals surface area contributed by atoms with Crippen LogP contribution >= 0.6 is 0 Å². The minimum Gasteiger partial charge on any atom is -0.379 e. The van der Waals surface area contributed by atoms with Crippen molar-refractivity contribution in [1.82, 2.24) is 10.6 Å². The van der Waals surface area contributed by atoms with Gasteiger partial charge < -0.3 is 10.4 Å². The van der Waals surface area contributed by atoms with Gasteiger partial charge in [0, 0.05) is 6.04 Å². The Hall–Kier alpha value is -0.120. The number of aliphatic hydroxyl groups excluding tert-OH is 1. The van der Waals surface area contributed by atoms with Crippen molar-refractivity contribution < 1.29 is 5.11 Å². The highest BCUT2D eigenvalue weighted by Gasteiger charge is 2.12. The van der Waals surface area contributed by atoms with E-state index in [2.05, 4.69) is 10.6 Å². The fourth-order valence-electron chi connectivity index (χ4n) is 1.33. The lowest BCUT2D eigenvalue weighted by atomic mass is 10.1. The second kappa shape index (κ2) is 3.91. The van der Waals surface area contributed by atoms with Crippen molar-refractivity contribution in [2.45, 2.75) is 32.0 Å². The molecule has 10 heavy (non-hydrogen) atoms. The number of hydrogen-bond acceptors (Lipinski definition) is 3. The fourth-order valence-corrected chi connectivity index (χ4v) is 1.33. The van der Waals surface area contributed by atoms with Crippen molar-refractivity contribution in [2.75, 3.05) is 13.1 Å².